The topological polar surface area (TPSA) is 22.4 Å². The molecule has 2 nitrogen and oxygen atoms in total. The van der Waals surface area contributed by atoms with Crippen LogP contribution in [0.2, 0.25) is 0 Å². The Balaban J connectivity index is 2.00. The van der Waals surface area contributed by atoms with Crippen molar-refractivity contribution in [3.63, 3.8) is 0 Å². The van der Waals surface area contributed by atoms with Gasteiger partial charge < -0.3 is 9.15 Å². The first-order chi connectivity index (χ1) is 7.75. The molecule has 2 aromatic rings. The van der Waals surface area contributed by atoms with Gasteiger partial charge in [-0.05, 0) is 24.0 Å². The van der Waals surface area contributed by atoms with Crippen molar-refractivity contribution in [2.24, 2.45) is 11.8 Å². The number of fused-ring (bicyclic) bond motifs is 1. The summed E-state index contributed by atoms with van der Waals surface area (Å²) in [6.07, 6.45) is 0.127. The van der Waals surface area contributed by atoms with E-state index in [1.54, 1.807) is 0 Å². The molecule has 3 rings (SSSR count). The lowest BCUT2D eigenvalue weighted by molar-refractivity contribution is 0.0769. The molecule has 16 heavy (non-hydrogen) atoms. The molecular weight excluding hydrogens is 200 g/mol. The van der Waals surface area contributed by atoms with Gasteiger partial charge in [0.15, 0.2) is 0 Å². The molecule has 2 heterocycles. The van der Waals surface area contributed by atoms with Crippen molar-refractivity contribution >= 4 is 11.0 Å². The monoisotopic (exact) mass is 216 g/mol. The predicted octanol–water partition coefficient (Wildman–Crippen LogP) is 3.78. The van der Waals surface area contributed by atoms with Crippen LogP contribution in [0.4, 0.5) is 0 Å². The fourth-order valence-electron chi connectivity index (χ4n) is 2.34. The Hall–Kier alpha value is -1.28. The van der Waals surface area contributed by atoms with Crippen LogP contribution < -0.4 is 0 Å². The largest absolute Gasteiger partial charge is 0.458 e. The summed E-state index contributed by atoms with van der Waals surface area (Å²) in [5.41, 5.74) is 0.952. The van der Waals surface area contributed by atoms with Crippen LogP contribution >= 0.6 is 0 Å². The summed E-state index contributed by atoms with van der Waals surface area (Å²) in [6.45, 7) is 5.30. The minimum atomic E-state index is 0.127. The van der Waals surface area contributed by atoms with Crippen LogP contribution in [0.3, 0.4) is 0 Å². The highest BCUT2D eigenvalue weighted by molar-refractivity contribution is 5.77. The molecule has 1 aliphatic rings. The molecule has 1 fully saturated rings. The fraction of sp³-hybridized carbons (Fsp3) is 0.429. The van der Waals surface area contributed by atoms with Gasteiger partial charge in [-0.1, -0.05) is 32.0 Å². The molecule has 0 aliphatic carbocycles. The van der Waals surface area contributed by atoms with Crippen LogP contribution in [0.25, 0.3) is 11.0 Å². The molecule has 0 radical (unpaired) electrons. The van der Waals surface area contributed by atoms with Crippen LogP contribution in [0, 0.1) is 11.8 Å². The molecule has 0 N–H and O–H groups in total. The smallest absolute Gasteiger partial charge is 0.134 e. The maximum atomic E-state index is 5.85. The number of hydrogen-bond donors (Lipinski definition) is 0. The lowest BCUT2D eigenvalue weighted by Crippen LogP contribution is -2.07. The number of benzene rings is 1. The van der Waals surface area contributed by atoms with Crippen LogP contribution in [-0.4, -0.2) is 6.61 Å². The molecule has 2 heteroatoms. The van der Waals surface area contributed by atoms with E-state index in [0.29, 0.717) is 11.8 Å². The first-order valence-corrected chi connectivity index (χ1v) is 5.86. The second-order valence-corrected chi connectivity index (χ2v) is 4.78. The Morgan fingerprint density at radius 2 is 2.00 bits per heavy atom. The Morgan fingerprint density at radius 1 is 1.19 bits per heavy atom. The number of ether oxygens (including phenoxy) is 1. The van der Waals surface area contributed by atoms with Gasteiger partial charge in [0.1, 0.15) is 17.4 Å². The van der Waals surface area contributed by atoms with Crippen LogP contribution in [0.15, 0.2) is 34.7 Å². The minimum absolute atomic E-state index is 0.127. The van der Waals surface area contributed by atoms with Crippen molar-refractivity contribution in [3.8, 4) is 0 Å². The van der Waals surface area contributed by atoms with Gasteiger partial charge in [0.2, 0.25) is 0 Å². The summed E-state index contributed by atoms with van der Waals surface area (Å²) < 4.78 is 11.6. The zero-order valence-corrected chi connectivity index (χ0v) is 9.64. The number of hydrogen-bond acceptors (Lipinski definition) is 2. The van der Waals surface area contributed by atoms with Gasteiger partial charge in [-0.2, -0.15) is 0 Å². The molecule has 1 saturated heterocycles. The van der Waals surface area contributed by atoms with E-state index in [1.807, 2.05) is 18.2 Å². The molecule has 3 atom stereocenters. The highest BCUT2D eigenvalue weighted by atomic mass is 16.5. The van der Waals surface area contributed by atoms with E-state index in [4.69, 9.17) is 9.15 Å². The van der Waals surface area contributed by atoms with Gasteiger partial charge >= 0.3 is 0 Å². The highest BCUT2D eigenvalue weighted by Gasteiger charge is 2.34. The van der Waals surface area contributed by atoms with Crippen LogP contribution in [-0.2, 0) is 4.74 Å². The summed E-state index contributed by atoms with van der Waals surface area (Å²) >= 11 is 0. The number of furan rings is 1. The molecule has 1 aliphatic heterocycles. The second-order valence-electron chi connectivity index (χ2n) is 4.78. The molecule has 0 saturated carbocycles. The Bertz CT molecular complexity index is 467. The zero-order chi connectivity index (χ0) is 11.1. The minimum Gasteiger partial charge on any atom is -0.458 e. The quantitative estimate of drug-likeness (QED) is 0.723. The number of rotatable bonds is 1. The van der Waals surface area contributed by atoms with E-state index in [9.17, 15) is 0 Å². The maximum absolute atomic E-state index is 5.85. The molecule has 1 aromatic carbocycles. The molecule has 0 spiro atoms. The van der Waals surface area contributed by atoms with Crippen molar-refractivity contribution in [1.29, 1.82) is 0 Å². The molecular formula is C14H16O2. The summed E-state index contributed by atoms with van der Waals surface area (Å²) in [7, 11) is 0. The van der Waals surface area contributed by atoms with E-state index < -0.39 is 0 Å². The zero-order valence-electron chi connectivity index (χ0n) is 9.64. The van der Waals surface area contributed by atoms with Crippen molar-refractivity contribution in [2.75, 3.05) is 6.61 Å². The average molecular weight is 216 g/mol. The van der Waals surface area contributed by atoms with E-state index in [0.717, 1.165) is 23.3 Å². The molecule has 84 valence electrons. The number of para-hydroxylation sites is 1. The third-order valence-electron chi connectivity index (χ3n) is 3.64. The fourth-order valence-corrected chi connectivity index (χ4v) is 2.34. The third kappa shape index (κ3) is 1.45. The van der Waals surface area contributed by atoms with Gasteiger partial charge in [-0.3, -0.25) is 0 Å². The SMILES string of the molecule is CC1COC(c2cc3ccccc3o2)C1C. The summed E-state index contributed by atoms with van der Waals surface area (Å²) in [5, 5.41) is 1.16. The van der Waals surface area contributed by atoms with Gasteiger partial charge in [-0.15, -0.1) is 0 Å². The Labute approximate surface area is 95.2 Å². The molecule has 0 amide bonds. The third-order valence-corrected chi connectivity index (χ3v) is 3.64. The molecule has 0 bridgehead atoms. The lowest BCUT2D eigenvalue weighted by Gasteiger charge is -2.13. The normalized spacial score (nSPS) is 30.0. The molecule has 3 unspecified atom stereocenters. The van der Waals surface area contributed by atoms with E-state index in [-0.39, 0.29) is 6.10 Å². The van der Waals surface area contributed by atoms with Crippen LogP contribution in [0.1, 0.15) is 25.7 Å². The molecule has 1 aromatic heterocycles. The lowest BCUT2D eigenvalue weighted by atomic mass is 9.93. The summed E-state index contributed by atoms with van der Waals surface area (Å²) in [6, 6.07) is 10.2. The van der Waals surface area contributed by atoms with Crippen molar-refractivity contribution < 1.29 is 9.15 Å². The van der Waals surface area contributed by atoms with Crippen molar-refractivity contribution in [2.45, 2.75) is 20.0 Å². The average Bonchev–Trinajstić information content (AvgIpc) is 2.84. The van der Waals surface area contributed by atoms with Crippen molar-refractivity contribution in [1.82, 2.24) is 0 Å². The van der Waals surface area contributed by atoms with Gasteiger partial charge in [0, 0.05) is 5.39 Å². The summed E-state index contributed by atoms with van der Waals surface area (Å²) in [4.78, 5) is 0. The Morgan fingerprint density at radius 3 is 2.69 bits per heavy atom. The highest BCUT2D eigenvalue weighted by Crippen LogP contribution is 2.39. The first kappa shape index (κ1) is 9.91. The Kier molecular flexibility index (Phi) is 2.25. The van der Waals surface area contributed by atoms with Crippen molar-refractivity contribution in [3.05, 3.63) is 36.1 Å². The van der Waals surface area contributed by atoms with E-state index in [2.05, 4.69) is 26.0 Å². The predicted molar refractivity (Wildman–Crippen MR) is 63.2 cm³/mol. The summed E-state index contributed by atoms with van der Waals surface area (Å²) in [5.74, 6) is 2.11. The van der Waals surface area contributed by atoms with Gasteiger partial charge in [0.05, 0.1) is 6.61 Å². The van der Waals surface area contributed by atoms with Crippen LogP contribution in [0.5, 0.6) is 0 Å². The standard InChI is InChI=1S/C14H16O2/c1-9-8-15-14(10(9)2)13-7-11-5-3-4-6-12(11)16-13/h3-7,9-10,14H,8H2,1-2H3. The van der Waals surface area contributed by atoms with Gasteiger partial charge in [-0.25, -0.2) is 0 Å². The van der Waals surface area contributed by atoms with E-state index >= 15 is 0 Å². The first-order valence-electron chi connectivity index (χ1n) is 5.86. The second kappa shape index (κ2) is 3.63. The van der Waals surface area contributed by atoms with E-state index in [1.165, 1.54) is 0 Å². The van der Waals surface area contributed by atoms with Gasteiger partial charge in [0.25, 0.3) is 0 Å². The maximum Gasteiger partial charge on any atom is 0.134 e.